The molecule has 134 valence electrons. The van der Waals surface area contributed by atoms with Gasteiger partial charge in [0.1, 0.15) is 0 Å². The van der Waals surface area contributed by atoms with Crippen LogP contribution in [0.5, 0.6) is 0 Å². The van der Waals surface area contributed by atoms with Gasteiger partial charge in [0.05, 0.1) is 5.69 Å². The molecule has 2 aromatic carbocycles. The number of nitrogens with one attached hydrogen (secondary N) is 2. The smallest absolute Gasteiger partial charge is 0.250 e. The van der Waals surface area contributed by atoms with Gasteiger partial charge in [-0.15, -0.1) is 0 Å². The normalized spacial score (nSPS) is 21.9. The molecule has 26 heavy (non-hydrogen) atoms. The first kappa shape index (κ1) is 17.0. The number of carbonyl (C=O) groups is 2. The van der Waals surface area contributed by atoms with Crippen molar-refractivity contribution in [2.24, 2.45) is 0 Å². The average molecular weight is 367 g/mol. The van der Waals surface area contributed by atoms with Crippen molar-refractivity contribution >= 4 is 40.6 Å². The van der Waals surface area contributed by atoms with Crippen molar-refractivity contribution in [2.45, 2.75) is 29.4 Å². The first-order valence-corrected chi connectivity index (χ1v) is 9.64. The number of carbonyl (C=O) groups excluding carboxylic acids is 2. The second-order valence-electron chi connectivity index (χ2n) is 6.78. The molecule has 0 radical (unpaired) electrons. The Morgan fingerprint density at radius 3 is 2.54 bits per heavy atom. The average Bonchev–Trinajstić information content (AvgIpc) is 3.18. The highest BCUT2D eigenvalue weighted by Gasteiger charge is 2.45. The van der Waals surface area contributed by atoms with Crippen LogP contribution in [0.3, 0.4) is 0 Å². The topological polar surface area (TPSA) is 61.4 Å². The number of para-hydroxylation sites is 1. The summed E-state index contributed by atoms with van der Waals surface area (Å²) in [5.74, 6) is -0.615. The quantitative estimate of drug-likeness (QED) is 0.812. The SMILES string of the molecule is CC1(C(=O)Nc2ccc(N3CCCC3)cc2)Sc2ccccc2NC1=O. The molecule has 2 aromatic rings. The Hall–Kier alpha value is -2.47. The number of anilines is 3. The Balaban J connectivity index is 1.49. The van der Waals surface area contributed by atoms with Crippen LogP contribution in [0.2, 0.25) is 0 Å². The maximum atomic E-state index is 12.8. The third-order valence-electron chi connectivity index (χ3n) is 4.91. The summed E-state index contributed by atoms with van der Waals surface area (Å²) < 4.78 is -1.21. The second-order valence-corrected chi connectivity index (χ2v) is 8.24. The fourth-order valence-electron chi connectivity index (χ4n) is 3.30. The van der Waals surface area contributed by atoms with E-state index in [9.17, 15) is 9.59 Å². The third kappa shape index (κ3) is 3.05. The lowest BCUT2D eigenvalue weighted by Crippen LogP contribution is -2.49. The summed E-state index contributed by atoms with van der Waals surface area (Å²) in [5.41, 5.74) is 2.62. The molecular formula is C20H21N3O2S. The molecule has 2 N–H and O–H groups in total. The summed E-state index contributed by atoms with van der Waals surface area (Å²) in [6.45, 7) is 3.83. The van der Waals surface area contributed by atoms with Gasteiger partial charge in [-0.3, -0.25) is 9.59 Å². The molecule has 6 heteroatoms. The van der Waals surface area contributed by atoms with Gasteiger partial charge in [-0.25, -0.2) is 0 Å². The zero-order valence-corrected chi connectivity index (χ0v) is 15.4. The summed E-state index contributed by atoms with van der Waals surface area (Å²) >= 11 is 1.29. The van der Waals surface area contributed by atoms with Crippen molar-refractivity contribution < 1.29 is 9.59 Å². The maximum Gasteiger partial charge on any atom is 0.250 e. The largest absolute Gasteiger partial charge is 0.372 e. The molecule has 0 bridgehead atoms. The standard InChI is InChI=1S/C20H21N3O2S/c1-20(19(25)22-16-6-2-3-7-17(16)26-20)18(24)21-14-8-10-15(11-9-14)23-12-4-5-13-23/h2-3,6-11H,4-5,12-13H2,1H3,(H,21,24)(H,22,25). The zero-order valence-electron chi connectivity index (χ0n) is 14.6. The molecule has 5 nitrogen and oxygen atoms in total. The molecular weight excluding hydrogens is 346 g/mol. The first-order valence-electron chi connectivity index (χ1n) is 8.82. The third-order valence-corrected chi connectivity index (χ3v) is 6.27. The number of hydrogen-bond donors (Lipinski definition) is 2. The number of benzene rings is 2. The number of hydrogen-bond acceptors (Lipinski definition) is 4. The molecule has 0 aliphatic carbocycles. The number of rotatable bonds is 3. The highest BCUT2D eigenvalue weighted by Crippen LogP contribution is 2.42. The van der Waals surface area contributed by atoms with Crippen molar-refractivity contribution in [3.8, 4) is 0 Å². The summed E-state index contributed by atoms with van der Waals surface area (Å²) in [6.07, 6.45) is 2.45. The number of thioether (sulfide) groups is 1. The van der Waals surface area contributed by atoms with Gasteiger partial charge in [0.2, 0.25) is 11.8 Å². The highest BCUT2D eigenvalue weighted by molar-refractivity contribution is 8.02. The van der Waals surface area contributed by atoms with Gasteiger partial charge in [0.25, 0.3) is 0 Å². The summed E-state index contributed by atoms with van der Waals surface area (Å²) in [6, 6.07) is 15.4. The minimum absolute atomic E-state index is 0.299. The Morgan fingerprint density at radius 1 is 1.12 bits per heavy atom. The molecule has 4 rings (SSSR count). The molecule has 1 atom stereocenters. The minimum atomic E-state index is -1.21. The van der Waals surface area contributed by atoms with Gasteiger partial charge >= 0.3 is 0 Å². The molecule has 1 saturated heterocycles. The van der Waals surface area contributed by atoms with Crippen molar-refractivity contribution in [3.63, 3.8) is 0 Å². The molecule has 2 aliphatic rings. The molecule has 0 saturated carbocycles. The lowest BCUT2D eigenvalue weighted by atomic mass is 10.1. The molecule has 1 unspecified atom stereocenters. The van der Waals surface area contributed by atoms with Crippen LogP contribution in [0.4, 0.5) is 17.1 Å². The van der Waals surface area contributed by atoms with E-state index >= 15 is 0 Å². The Bertz CT molecular complexity index is 846. The fourth-order valence-corrected chi connectivity index (χ4v) is 4.40. The van der Waals surface area contributed by atoms with Crippen LogP contribution in [0.1, 0.15) is 19.8 Å². The van der Waals surface area contributed by atoms with E-state index in [1.165, 1.54) is 30.3 Å². The van der Waals surface area contributed by atoms with E-state index in [-0.39, 0.29) is 11.8 Å². The van der Waals surface area contributed by atoms with Gasteiger partial charge in [-0.2, -0.15) is 0 Å². The van der Waals surface area contributed by atoms with Crippen molar-refractivity contribution in [3.05, 3.63) is 48.5 Å². The molecule has 2 heterocycles. The number of nitrogens with zero attached hydrogens (tertiary/aromatic N) is 1. The van der Waals surface area contributed by atoms with E-state index in [0.29, 0.717) is 5.69 Å². The van der Waals surface area contributed by atoms with E-state index in [4.69, 9.17) is 0 Å². The zero-order chi connectivity index (χ0) is 18.1. The van der Waals surface area contributed by atoms with Crippen LogP contribution in [-0.2, 0) is 9.59 Å². The predicted octanol–water partition coefficient (Wildman–Crippen LogP) is 3.73. The lowest BCUT2D eigenvalue weighted by molar-refractivity contribution is -0.126. The maximum absolute atomic E-state index is 12.8. The van der Waals surface area contributed by atoms with Gasteiger partial charge in [-0.1, -0.05) is 23.9 Å². The van der Waals surface area contributed by atoms with Gasteiger partial charge < -0.3 is 15.5 Å². The summed E-state index contributed by atoms with van der Waals surface area (Å²) in [5, 5.41) is 5.73. The van der Waals surface area contributed by atoms with E-state index in [2.05, 4.69) is 15.5 Å². The minimum Gasteiger partial charge on any atom is -0.372 e. The molecule has 0 spiro atoms. The molecule has 2 aliphatic heterocycles. The van der Waals surface area contributed by atoms with Crippen LogP contribution in [-0.4, -0.2) is 29.7 Å². The van der Waals surface area contributed by atoms with E-state index < -0.39 is 4.75 Å². The predicted molar refractivity (Wildman–Crippen MR) is 106 cm³/mol. The Morgan fingerprint density at radius 2 is 1.81 bits per heavy atom. The summed E-state index contributed by atoms with van der Waals surface area (Å²) in [4.78, 5) is 28.6. The fraction of sp³-hybridized carbons (Fsp3) is 0.300. The van der Waals surface area contributed by atoms with Crippen LogP contribution in [0.25, 0.3) is 0 Å². The molecule has 1 fully saturated rings. The highest BCUT2D eigenvalue weighted by atomic mass is 32.2. The van der Waals surface area contributed by atoms with Crippen LogP contribution in [0.15, 0.2) is 53.4 Å². The van der Waals surface area contributed by atoms with Crippen LogP contribution in [0, 0.1) is 0 Å². The molecule has 2 amide bonds. The van der Waals surface area contributed by atoms with E-state index in [1.54, 1.807) is 6.92 Å². The van der Waals surface area contributed by atoms with E-state index in [1.807, 2.05) is 48.5 Å². The molecule has 0 aromatic heterocycles. The van der Waals surface area contributed by atoms with Crippen molar-refractivity contribution in [2.75, 3.05) is 28.6 Å². The lowest BCUT2D eigenvalue weighted by Gasteiger charge is -2.31. The van der Waals surface area contributed by atoms with Crippen LogP contribution >= 0.6 is 11.8 Å². The van der Waals surface area contributed by atoms with Gasteiger partial charge in [-0.05, 0) is 56.2 Å². The van der Waals surface area contributed by atoms with Crippen molar-refractivity contribution in [1.82, 2.24) is 0 Å². The van der Waals surface area contributed by atoms with Crippen molar-refractivity contribution in [1.29, 1.82) is 0 Å². The first-order chi connectivity index (χ1) is 12.6. The Kier molecular flexibility index (Phi) is 4.36. The summed E-state index contributed by atoms with van der Waals surface area (Å²) in [7, 11) is 0. The Labute approximate surface area is 157 Å². The number of amides is 2. The second kappa shape index (κ2) is 6.68. The van der Waals surface area contributed by atoms with Gasteiger partial charge in [0, 0.05) is 29.4 Å². The monoisotopic (exact) mass is 367 g/mol. The van der Waals surface area contributed by atoms with E-state index in [0.717, 1.165) is 23.7 Å². The van der Waals surface area contributed by atoms with Gasteiger partial charge in [0.15, 0.2) is 4.75 Å². The number of fused-ring (bicyclic) bond motifs is 1. The van der Waals surface area contributed by atoms with Crippen LogP contribution < -0.4 is 15.5 Å².